The first-order valence-corrected chi connectivity index (χ1v) is 6.93. The molecule has 0 aromatic heterocycles. The van der Waals surface area contributed by atoms with Crippen molar-refractivity contribution in [3.8, 4) is 0 Å². The van der Waals surface area contributed by atoms with Gasteiger partial charge in [-0.25, -0.2) is 0 Å². The molecular weight excluding hydrogens is 222 g/mol. The van der Waals surface area contributed by atoms with Crippen molar-refractivity contribution in [3.05, 3.63) is 42.0 Å². The first kappa shape index (κ1) is 13.3. The zero-order chi connectivity index (χ0) is 12.8. The largest absolute Gasteiger partial charge is 0.388 e. The lowest BCUT2D eigenvalue weighted by Crippen LogP contribution is -2.31. The molecule has 1 aliphatic rings. The first-order valence-electron chi connectivity index (χ1n) is 6.93. The number of hydrogen-bond donors (Lipinski definition) is 1. The third-order valence-corrected chi connectivity index (χ3v) is 3.74. The number of nitrogens with zero attached hydrogens (tertiary/aromatic N) is 1. The fourth-order valence-electron chi connectivity index (χ4n) is 2.64. The molecule has 1 atom stereocenters. The van der Waals surface area contributed by atoms with E-state index < -0.39 is 0 Å². The smallest absolute Gasteiger partial charge is 0.0808 e. The molecule has 2 rings (SSSR count). The van der Waals surface area contributed by atoms with Crippen molar-refractivity contribution in [2.45, 2.75) is 31.8 Å². The van der Waals surface area contributed by atoms with Crippen LogP contribution in [0.2, 0.25) is 0 Å². The van der Waals surface area contributed by atoms with Gasteiger partial charge in [-0.3, -0.25) is 0 Å². The van der Waals surface area contributed by atoms with E-state index >= 15 is 0 Å². The molecule has 0 saturated carbocycles. The summed E-state index contributed by atoms with van der Waals surface area (Å²) in [7, 11) is 0. The normalized spacial score (nSPS) is 18.5. The molecule has 0 bridgehead atoms. The van der Waals surface area contributed by atoms with E-state index in [1.807, 2.05) is 30.3 Å². The van der Waals surface area contributed by atoms with Gasteiger partial charge in [0.1, 0.15) is 0 Å². The Morgan fingerprint density at radius 3 is 2.67 bits per heavy atom. The SMILES string of the molecule is C=Cc1ccccc1C(O)CCN1CCCCC1. The van der Waals surface area contributed by atoms with Crippen molar-refractivity contribution in [3.63, 3.8) is 0 Å². The minimum absolute atomic E-state index is 0.374. The van der Waals surface area contributed by atoms with Gasteiger partial charge < -0.3 is 10.0 Å². The maximum atomic E-state index is 10.3. The van der Waals surface area contributed by atoms with Crippen molar-refractivity contribution in [1.82, 2.24) is 4.90 Å². The van der Waals surface area contributed by atoms with Crippen LogP contribution in [0.25, 0.3) is 6.08 Å². The summed E-state index contributed by atoms with van der Waals surface area (Å²) in [4.78, 5) is 2.46. The molecule has 1 N–H and O–H groups in total. The van der Waals surface area contributed by atoms with E-state index in [4.69, 9.17) is 0 Å². The summed E-state index contributed by atoms with van der Waals surface area (Å²) in [5.74, 6) is 0. The van der Waals surface area contributed by atoms with Crippen LogP contribution in [0.5, 0.6) is 0 Å². The molecule has 0 spiro atoms. The minimum atomic E-state index is -0.374. The second kappa shape index (κ2) is 6.72. The van der Waals surface area contributed by atoms with Crippen LogP contribution in [0.4, 0.5) is 0 Å². The lowest BCUT2D eigenvalue weighted by atomic mass is 10.00. The Balaban J connectivity index is 1.90. The average molecular weight is 245 g/mol. The number of aliphatic hydroxyl groups excluding tert-OH is 1. The zero-order valence-corrected chi connectivity index (χ0v) is 11.0. The monoisotopic (exact) mass is 245 g/mol. The Morgan fingerprint density at radius 1 is 1.22 bits per heavy atom. The summed E-state index contributed by atoms with van der Waals surface area (Å²) in [5, 5.41) is 10.3. The molecule has 0 aliphatic carbocycles. The average Bonchev–Trinajstić information content (AvgIpc) is 2.45. The number of likely N-dealkylation sites (tertiary alicyclic amines) is 1. The van der Waals surface area contributed by atoms with Crippen LogP contribution >= 0.6 is 0 Å². The topological polar surface area (TPSA) is 23.5 Å². The van der Waals surface area contributed by atoms with Crippen molar-refractivity contribution >= 4 is 6.08 Å². The summed E-state index contributed by atoms with van der Waals surface area (Å²) in [5.41, 5.74) is 2.05. The molecule has 0 radical (unpaired) electrons. The molecule has 1 aliphatic heterocycles. The maximum Gasteiger partial charge on any atom is 0.0808 e. The lowest BCUT2D eigenvalue weighted by molar-refractivity contribution is 0.134. The Morgan fingerprint density at radius 2 is 1.94 bits per heavy atom. The van der Waals surface area contributed by atoms with Crippen LogP contribution in [-0.4, -0.2) is 29.6 Å². The minimum Gasteiger partial charge on any atom is -0.388 e. The first-order chi connectivity index (χ1) is 8.81. The highest BCUT2D eigenvalue weighted by atomic mass is 16.3. The van der Waals surface area contributed by atoms with Crippen molar-refractivity contribution in [2.75, 3.05) is 19.6 Å². The predicted octanol–water partition coefficient (Wildman–Crippen LogP) is 3.24. The van der Waals surface area contributed by atoms with Crippen molar-refractivity contribution in [1.29, 1.82) is 0 Å². The number of benzene rings is 1. The van der Waals surface area contributed by atoms with Crippen molar-refractivity contribution < 1.29 is 5.11 Å². The second-order valence-corrected chi connectivity index (χ2v) is 5.04. The molecule has 1 saturated heterocycles. The molecule has 1 aromatic carbocycles. The lowest BCUT2D eigenvalue weighted by Gasteiger charge is -2.27. The number of aliphatic hydroxyl groups is 1. The summed E-state index contributed by atoms with van der Waals surface area (Å²) < 4.78 is 0. The molecule has 98 valence electrons. The summed E-state index contributed by atoms with van der Waals surface area (Å²) in [6.07, 6.45) is 6.22. The van der Waals surface area contributed by atoms with E-state index in [-0.39, 0.29) is 6.10 Å². The molecule has 1 heterocycles. The zero-order valence-electron chi connectivity index (χ0n) is 11.0. The Hall–Kier alpha value is -1.12. The molecule has 18 heavy (non-hydrogen) atoms. The van der Waals surface area contributed by atoms with E-state index in [2.05, 4.69) is 11.5 Å². The van der Waals surface area contributed by atoms with E-state index in [1.165, 1.54) is 32.4 Å². The molecular formula is C16H23NO. The molecule has 1 aromatic rings. The molecule has 1 unspecified atom stereocenters. The molecule has 0 amide bonds. The quantitative estimate of drug-likeness (QED) is 0.861. The highest BCUT2D eigenvalue weighted by Gasteiger charge is 2.14. The van der Waals surface area contributed by atoms with E-state index in [0.29, 0.717) is 0 Å². The number of rotatable bonds is 5. The summed E-state index contributed by atoms with van der Waals surface area (Å²) in [6.45, 7) is 7.18. The highest BCUT2D eigenvalue weighted by Crippen LogP contribution is 2.22. The van der Waals surface area contributed by atoms with Crippen LogP contribution < -0.4 is 0 Å². The van der Waals surface area contributed by atoms with Crippen LogP contribution in [-0.2, 0) is 0 Å². The summed E-state index contributed by atoms with van der Waals surface area (Å²) >= 11 is 0. The second-order valence-electron chi connectivity index (χ2n) is 5.04. The van der Waals surface area contributed by atoms with Gasteiger partial charge in [0.25, 0.3) is 0 Å². The highest BCUT2D eigenvalue weighted by molar-refractivity contribution is 5.52. The van der Waals surface area contributed by atoms with Gasteiger partial charge in [0.15, 0.2) is 0 Å². The predicted molar refractivity (Wildman–Crippen MR) is 76.4 cm³/mol. The van der Waals surface area contributed by atoms with E-state index in [9.17, 15) is 5.11 Å². The molecule has 2 nitrogen and oxygen atoms in total. The maximum absolute atomic E-state index is 10.3. The van der Waals surface area contributed by atoms with Gasteiger partial charge >= 0.3 is 0 Å². The Bertz CT molecular complexity index is 382. The van der Waals surface area contributed by atoms with Crippen LogP contribution in [0.15, 0.2) is 30.8 Å². The van der Waals surface area contributed by atoms with Crippen LogP contribution in [0.3, 0.4) is 0 Å². The molecule has 1 fully saturated rings. The standard InChI is InChI=1S/C16H23NO/c1-2-14-8-4-5-9-15(14)16(18)10-13-17-11-6-3-7-12-17/h2,4-5,8-9,16,18H,1,3,6-7,10-13H2. The Kier molecular flexibility index (Phi) is 4.97. The van der Waals surface area contributed by atoms with Gasteiger partial charge in [-0.05, 0) is 43.5 Å². The van der Waals surface area contributed by atoms with Gasteiger partial charge in [0.05, 0.1) is 6.10 Å². The fraction of sp³-hybridized carbons (Fsp3) is 0.500. The number of piperidine rings is 1. The third kappa shape index (κ3) is 3.44. The van der Waals surface area contributed by atoms with Crippen molar-refractivity contribution in [2.24, 2.45) is 0 Å². The van der Waals surface area contributed by atoms with Gasteiger partial charge in [0.2, 0.25) is 0 Å². The van der Waals surface area contributed by atoms with Gasteiger partial charge in [-0.15, -0.1) is 0 Å². The van der Waals surface area contributed by atoms with Gasteiger partial charge in [-0.1, -0.05) is 43.3 Å². The number of hydrogen-bond acceptors (Lipinski definition) is 2. The van der Waals surface area contributed by atoms with Gasteiger partial charge in [-0.2, -0.15) is 0 Å². The fourth-order valence-corrected chi connectivity index (χ4v) is 2.64. The van der Waals surface area contributed by atoms with E-state index in [0.717, 1.165) is 24.1 Å². The van der Waals surface area contributed by atoms with Crippen LogP contribution in [0.1, 0.15) is 42.9 Å². The third-order valence-electron chi connectivity index (χ3n) is 3.74. The van der Waals surface area contributed by atoms with E-state index in [1.54, 1.807) is 0 Å². The summed E-state index contributed by atoms with van der Waals surface area (Å²) in [6, 6.07) is 7.97. The molecule has 2 heteroatoms. The van der Waals surface area contributed by atoms with Crippen LogP contribution in [0, 0.1) is 0 Å². The Labute approximate surface area is 110 Å². The van der Waals surface area contributed by atoms with Gasteiger partial charge in [0, 0.05) is 6.54 Å².